The lowest BCUT2D eigenvalue weighted by molar-refractivity contribution is -0.193. The number of benzene rings is 2. The molecular weight excluding hydrogens is 536 g/mol. The first-order chi connectivity index (χ1) is 19.3. The van der Waals surface area contributed by atoms with Crippen molar-refractivity contribution < 1.29 is 33.0 Å². The minimum atomic E-state index is -2.85. The maximum Gasteiger partial charge on any atom is 0.351 e. The lowest BCUT2D eigenvalue weighted by atomic mass is 9.62. The van der Waals surface area contributed by atoms with Crippen molar-refractivity contribution in [2.45, 2.75) is 58.6 Å². The van der Waals surface area contributed by atoms with Crippen LogP contribution in [0.3, 0.4) is 0 Å². The molecule has 3 atom stereocenters. The van der Waals surface area contributed by atoms with Gasteiger partial charge in [0.05, 0.1) is 26.2 Å². The van der Waals surface area contributed by atoms with Crippen LogP contribution in [-0.2, 0) is 33.0 Å². The first kappa shape index (κ1) is 32.0. The van der Waals surface area contributed by atoms with Gasteiger partial charge in [-0.15, -0.1) is 0 Å². The number of methoxy groups -OCH3 is 2. The predicted molar refractivity (Wildman–Crippen MR) is 161 cm³/mol. The summed E-state index contributed by atoms with van der Waals surface area (Å²) in [6.07, 6.45) is 4.83. The fraction of sp³-hybridized carbons (Fsp3) is 0.424. The molecule has 0 fully saturated rings. The predicted octanol–water partition coefficient (Wildman–Crippen LogP) is 4.74. The number of hydrogen-bond donors (Lipinski definition) is 0. The van der Waals surface area contributed by atoms with Crippen molar-refractivity contribution >= 4 is 36.6 Å². The van der Waals surface area contributed by atoms with Crippen molar-refractivity contribution in [1.82, 2.24) is 0 Å². The Bertz CT molecular complexity index is 1260. The van der Waals surface area contributed by atoms with Crippen molar-refractivity contribution in [1.29, 1.82) is 0 Å². The molecule has 0 amide bonds. The normalized spacial score (nSPS) is 23.0. The molecule has 0 radical (unpaired) electrons. The van der Waals surface area contributed by atoms with E-state index in [2.05, 4.69) is 45.0 Å². The molecule has 0 N–H and O–H groups in total. The van der Waals surface area contributed by atoms with Crippen LogP contribution in [-0.4, -0.2) is 52.7 Å². The van der Waals surface area contributed by atoms with Gasteiger partial charge in [-0.05, 0) is 33.8 Å². The number of carbonyl (C=O) groups excluding carboxylic acids is 3. The number of esters is 3. The van der Waals surface area contributed by atoms with Crippen LogP contribution >= 0.6 is 0 Å². The molecule has 0 bridgehead atoms. The van der Waals surface area contributed by atoms with Crippen LogP contribution < -0.4 is 10.4 Å². The highest BCUT2D eigenvalue weighted by Crippen LogP contribution is 2.49. The standard InChI is InChI=1S/C33H42O7Si/c1-24-21-33(30(36)38-8,40-25(2)34)32(6,20-19-29(35)37-7)22-26(24)23-39-41(31(3,4)5,27-15-11-9-12-16-27)28-17-13-10-14-18-28/h9-20,22,24H,21,23H2,1-8H3/b20-19+/t24-,32-,33-/m0/s1. The molecule has 2 aromatic rings. The van der Waals surface area contributed by atoms with Gasteiger partial charge in [0, 0.05) is 19.4 Å². The van der Waals surface area contributed by atoms with Crippen LogP contribution in [0.4, 0.5) is 0 Å². The number of rotatable bonds is 9. The third-order valence-electron chi connectivity index (χ3n) is 8.05. The molecule has 0 aromatic heterocycles. The Morgan fingerprint density at radius 3 is 1.93 bits per heavy atom. The Kier molecular flexibility index (Phi) is 9.82. The van der Waals surface area contributed by atoms with Gasteiger partial charge in [-0.3, -0.25) is 4.79 Å². The minimum Gasteiger partial charge on any atom is -0.466 e. The average Bonchev–Trinajstić information content (AvgIpc) is 2.94. The molecule has 0 spiro atoms. The Balaban J connectivity index is 2.19. The number of hydrogen-bond acceptors (Lipinski definition) is 7. The van der Waals surface area contributed by atoms with E-state index in [0.717, 1.165) is 15.9 Å². The van der Waals surface area contributed by atoms with Crippen molar-refractivity contribution in [3.8, 4) is 0 Å². The van der Waals surface area contributed by atoms with E-state index in [1.54, 1.807) is 13.0 Å². The summed E-state index contributed by atoms with van der Waals surface area (Å²) < 4.78 is 22.9. The van der Waals surface area contributed by atoms with Crippen LogP contribution in [0.2, 0.25) is 5.04 Å². The summed E-state index contributed by atoms with van der Waals surface area (Å²) in [5.41, 5.74) is -1.98. The van der Waals surface area contributed by atoms with Gasteiger partial charge in [0.1, 0.15) is 0 Å². The zero-order valence-electron chi connectivity index (χ0n) is 25.4. The van der Waals surface area contributed by atoms with E-state index >= 15 is 0 Å². The maximum atomic E-state index is 13.3. The van der Waals surface area contributed by atoms with Crippen molar-refractivity contribution in [2.24, 2.45) is 11.3 Å². The summed E-state index contributed by atoms with van der Waals surface area (Å²) in [4.78, 5) is 37.7. The Labute approximate surface area is 244 Å². The molecule has 3 rings (SSSR count). The lowest BCUT2D eigenvalue weighted by Crippen LogP contribution is -2.67. The van der Waals surface area contributed by atoms with Gasteiger partial charge >= 0.3 is 17.9 Å². The summed E-state index contributed by atoms with van der Waals surface area (Å²) in [5.74, 6) is -2.11. The molecule has 2 aromatic carbocycles. The molecule has 1 aliphatic carbocycles. The van der Waals surface area contributed by atoms with Gasteiger partial charge in [0.2, 0.25) is 5.60 Å². The Morgan fingerprint density at radius 1 is 0.951 bits per heavy atom. The third-order valence-corrected chi connectivity index (χ3v) is 13.0. The van der Waals surface area contributed by atoms with Crippen LogP contribution in [0.1, 0.15) is 48.0 Å². The molecule has 0 saturated carbocycles. The highest BCUT2D eigenvalue weighted by Gasteiger charge is 2.59. The first-order valence-electron chi connectivity index (χ1n) is 13.8. The highest BCUT2D eigenvalue weighted by molar-refractivity contribution is 6.99. The summed E-state index contributed by atoms with van der Waals surface area (Å²) in [6.45, 7) is 11.9. The van der Waals surface area contributed by atoms with E-state index in [4.69, 9.17) is 18.6 Å². The van der Waals surface area contributed by atoms with Crippen molar-refractivity contribution in [2.75, 3.05) is 20.8 Å². The highest BCUT2D eigenvalue weighted by atomic mass is 28.4. The molecule has 0 unspecified atom stereocenters. The smallest absolute Gasteiger partial charge is 0.351 e. The zero-order chi connectivity index (χ0) is 30.5. The Morgan fingerprint density at radius 2 is 1.49 bits per heavy atom. The van der Waals surface area contributed by atoms with Crippen LogP contribution in [0, 0.1) is 11.3 Å². The van der Waals surface area contributed by atoms with E-state index in [1.807, 2.05) is 49.4 Å². The largest absolute Gasteiger partial charge is 0.466 e. The molecule has 0 saturated heterocycles. The van der Waals surface area contributed by atoms with E-state index in [1.165, 1.54) is 27.2 Å². The summed E-state index contributed by atoms with van der Waals surface area (Å²) >= 11 is 0. The topological polar surface area (TPSA) is 88.1 Å². The summed E-state index contributed by atoms with van der Waals surface area (Å²) in [7, 11) is -0.320. The molecule has 8 heteroatoms. The maximum absolute atomic E-state index is 13.3. The van der Waals surface area contributed by atoms with Gasteiger partial charge in [-0.25, -0.2) is 9.59 Å². The van der Waals surface area contributed by atoms with Crippen LogP contribution in [0.25, 0.3) is 0 Å². The molecule has 0 heterocycles. The number of ether oxygens (including phenoxy) is 3. The monoisotopic (exact) mass is 578 g/mol. The molecule has 7 nitrogen and oxygen atoms in total. The second-order valence-electron chi connectivity index (χ2n) is 11.8. The molecule has 41 heavy (non-hydrogen) atoms. The van der Waals surface area contributed by atoms with Gasteiger partial charge in [0.15, 0.2) is 0 Å². The van der Waals surface area contributed by atoms with E-state index in [9.17, 15) is 14.4 Å². The van der Waals surface area contributed by atoms with Crippen LogP contribution in [0.5, 0.6) is 0 Å². The fourth-order valence-electron chi connectivity index (χ4n) is 5.96. The van der Waals surface area contributed by atoms with Gasteiger partial charge in [-0.1, -0.05) is 101 Å². The molecule has 1 aliphatic rings. The fourth-order valence-corrected chi connectivity index (χ4v) is 10.5. The second-order valence-corrected chi connectivity index (χ2v) is 16.1. The van der Waals surface area contributed by atoms with Gasteiger partial charge in [0.25, 0.3) is 8.32 Å². The molecule has 0 aliphatic heterocycles. The quantitative estimate of drug-likeness (QED) is 0.140. The van der Waals surface area contributed by atoms with Crippen molar-refractivity contribution in [3.63, 3.8) is 0 Å². The van der Waals surface area contributed by atoms with E-state index in [-0.39, 0.29) is 24.0 Å². The van der Waals surface area contributed by atoms with Crippen LogP contribution in [0.15, 0.2) is 84.5 Å². The third kappa shape index (κ3) is 6.23. The van der Waals surface area contributed by atoms with Gasteiger partial charge < -0.3 is 18.6 Å². The van der Waals surface area contributed by atoms with E-state index in [0.29, 0.717) is 0 Å². The SMILES string of the molecule is COC(=O)/C=C/[C@@]1(C)C=C(CO[Si](c2ccccc2)(c2ccccc2)C(C)(C)C)[C@@H](C)C[C@]1(OC(C)=O)C(=O)OC. The van der Waals surface area contributed by atoms with E-state index < -0.39 is 37.2 Å². The van der Waals surface area contributed by atoms with Gasteiger partial charge in [-0.2, -0.15) is 0 Å². The zero-order valence-corrected chi connectivity index (χ0v) is 26.4. The second kappa shape index (κ2) is 12.6. The number of carbonyl (C=O) groups is 3. The summed E-state index contributed by atoms with van der Waals surface area (Å²) in [6, 6.07) is 20.7. The summed E-state index contributed by atoms with van der Waals surface area (Å²) in [5, 5.41) is 2.08. The molecule has 220 valence electrons. The Hall–Kier alpha value is -3.49. The van der Waals surface area contributed by atoms with Crippen molar-refractivity contribution in [3.05, 3.63) is 84.5 Å². The lowest BCUT2D eigenvalue weighted by Gasteiger charge is -2.48. The first-order valence-corrected chi connectivity index (χ1v) is 15.7. The molecular formula is C33H42O7Si. The minimum absolute atomic E-state index is 0.150. The average molecular weight is 579 g/mol.